The largest absolute Gasteiger partial charge is 0.506 e. The van der Waals surface area contributed by atoms with Gasteiger partial charge in [0.15, 0.2) is 0 Å². The van der Waals surface area contributed by atoms with Gasteiger partial charge in [0.05, 0.1) is 5.69 Å². The van der Waals surface area contributed by atoms with Gasteiger partial charge in [-0.2, -0.15) is 9.78 Å². The summed E-state index contributed by atoms with van der Waals surface area (Å²) in [6, 6.07) is 7.08. The standard InChI is InChI=1S/C17H23N3O2/c1-4-5-9-18-11-14-15(21)10-16(22)20(19-14)17-12(2)7-6-8-13(17)3/h6-8,10,18,21H,4-5,9,11H2,1-3H3. The van der Waals surface area contributed by atoms with Gasteiger partial charge in [0.1, 0.15) is 11.4 Å². The highest BCUT2D eigenvalue weighted by molar-refractivity contribution is 5.46. The van der Waals surface area contributed by atoms with E-state index in [0.717, 1.165) is 36.2 Å². The van der Waals surface area contributed by atoms with Gasteiger partial charge in [0.25, 0.3) is 5.56 Å². The summed E-state index contributed by atoms with van der Waals surface area (Å²) in [5.41, 5.74) is 2.89. The summed E-state index contributed by atoms with van der Waals surface area (Å²) in [7, 11) is 0. The number of hydrogen-bond donors (Lipinski definition) is 2. The van der Waals surface area contributed by atoms with E-state index in [9.17, 15) is 9.90 Å². The zero-order chi connectivity index (χ0) is 16.1. The molecule has 0 amide bonds. The molecule has 0 aliphatic heterocycles. The monoisotopic (exact) mass is 301 g/mol. The van der Waals surface area contributed by atoms with Crippen LogP contribution in [0, 0.1) is 13.8 Å². The Hall–Kier alpha value is -2.14. The Morgan fingerprint density at radius 1 is 1.27 bits per heavy atom. The molecule has 1 aromatic heterocycles. The van der Waals surface area contributed by atoms with E-state index >= 15 is 0 Å². The Balaban J connectivity index is 2.38. The summed E-state index contributed by atoms with van der Waals surface area (Å²) >= 11 is 0. The van der Waals surface area contributed by atoms with Gasteiger partial charge in [0.2, 0.25) is 0 Å². The first-order chi connectivity index (χ1) is 10.5. The molecule has 0 saturated heterocycles. The van der Waals surface area contributed by atoms with Gasteiger partial charge < -0.3 is 10.4 Å². The summed E-state index contributed by atoms with van der Waals surface area (Å²) in [6.07, 6.45) is 2.17. The lowest BCUT2D eigenvalue weighted by Crippen LogP contribution is -2.25. The van der Waals surface area contributed by atoms with Gasteiger partial charge in [-0.25, -0.2) is 0 Å². The number of benzene rings is 1. The maximum atomic E-state index is 12.2. The summed E-state index contributed by atoms with van der Waals surface area (Å²) in [5, 5.41) is 17.5. The quantitative estimate of drug-likeness (QED) is 0.804. The molecule has 0 saturated carbocycles. The summed E-state index contributed by atoms with van der Waals surface area (Å²) in [6.45, 7) is 7.32. The van der Waals surface area contributed by atoms with Crippen LogP contribution in [0.4, 0.5) is 0 Å². The highest BCUT2D eigenvalue weighted by Gasteiger charge is 2.12. The van der Waals surface area contributed by atoms with Crippen LogP contribution in [0.1, 0.15) is 36.6 Å². The highest BCUT2D eigenvalue weighted by Crippen LogP contribution is 2.18. The van der Waals surface area contributed by atoms with Crippen LogP contribution in [0.2, 0.25) is 0 Å². The Labute approximate surface area is 130 Å². The van der Waals surface area contributed by atoms with Crippen molar-refractivity contribution >= 4 is 0 Å². The normalized spacial score (nSPS) is 10.9. The van der Waals surface area contributed by atoms with Gasteiger partial charge in [0, 0.05) is 12.6 Å². The lowest BCUT2D eigenvalue weighted by atomic mass is 10.1. The lowest BCUT2D eigenvalue weighted by Gasteiger charge is -2.13. The predicted molar refractivity (Wildman–Crippen MR) is 87.6 cm³/mol. The van der Waals surface area contributed by atoms with E-state index in [2.05, 4.69) is 17.3 Å². The molecule has 0 unspecified atom stereocenters. The minimum absolute atomic E-state index is 0.0588. The van der Waals surface area contributed by atoms with E-state index in [1.165, 1.54) is 10.7 Å². The molecule has 1 heterocycles. The first-order valence-corrected chi connectivity index (χ1v) is 7.64. The SMILES string of the molecule is CCCCNCc1nn(-c2c(C)cccc2C)c(=O)cc1O. The predicted octanol–water partition coefficient (Wildman–Crippen LogP) is 2.44. The molecule has 0 aliphatic carbocycles. The molecule has 0 radical (unpaired) electrons. The number of rotatable bonds is 6. The van der Waals surface area contributed by atoms with E-state index in [1.807, 2.05) is 32.0 Å². The van der Waals surface area contributed by atoms with Crippen molar-refractivity contribution in [1.29, 1.82) is 0 Å². The summed E-state index contributed by atoms with van der Waals surface area (Å²) in [4.78, 5) is 12.2. The van der Waals surface area contributed by atoms with Crippen LogP contribution in [0.25, 0.3) is 5.69 Å². The van der Waals surface area contributed by atoms with Crippen LogP contribution in [-0.4, -0.2) is 21.4 Å². The third-order valence-electron chi connectivity index (χ3n) is 3.64. The second-order valence-electron chi connectivity index (χ2n) is 5.50. The molecule has 2 rings (SSSR count). The van der Waals surface area contributed by atoms with Crippen molar-refractivity contribution in [3.8, 4) is 11.4 Å². The van der Waals surface area contributed by atoms with Gasteiger partial charge in [-0.05, 0) is 37.9 Å². The molecule has 118 valence electrons. The van der Waals surface area contributed by atoms with Crippen molar-refractivity contribution < 1.29 is 5.11 Å². The molecule has 0 bridgehead atoms. The van der Waals surface area contributed by atoms with E-state index in [0.29, 0.717) is 12.2 Å². The fourth-order valence-electron chi connectivity index (χ4n) is 2.42. The average molecular weight is 301 g/mol. The average Bonchev–Trinajstić information content (AvgIpc) is 2.47. The maximum absolute atomic E-state index is 12.2. The van der Waals surface area contributed by atoms with E-state index in [4.69, 9.17) is 0 Å². The molecule has 0 fully saturated rings. The molecule has 0 aliphatic rings. The molecule has 1 aromatic carbocycles. The molecular formula is C17H23N3O2. The topological polar surface area (TPSA) is 67.2 Å². The van der Waals surface area contributed by atoms with Gasteiger partial charge in [-0.1, -0.05) is 31.5 Å². The van der Waals surface area contributed by atoms with Crippen molar-refractivity contribution in [2.45, 2.75) is 40.2 Å². The first-order valence-electron chi connectivity index (χ1n) is 7.64. The van der Waals surface area contributed by atoms with E-state index in [1.54, 1.807) is 0 Å². The molecule has 2 aromatic rings. The number of aromatic hydroxyl groups is 1. The van der Waals surface area contributed by atoms with Crippen molar-refractivity contribution in [2.24, 2.45) is 0 Å². The Kier molecular flexibility index (Phi) is 5.33. The number of nitrogens with one attached hydrogen (secondary N) is 1. The Bertz CT molecular complexity index is 687. The van der Waals surface area contributed by atoms with Gasteiger partial charge in [-0.3, -0.25) is 4.79 Å². The van der Waals surface area contributed by atoms with Crippen LogP contribution >= 0.6 is 0 Å². The van der Waals surface area contributed by atoms with E-state index in [-0.39, 0.29) is 11.3 Å². The molecule has 2 N–H and O–H groups in total. The van der Waals surface area contributed by atoms with Crippen LogP contribution in [-0.2, 0) is 6.54 Å². The fraction of sp³-hybridized carbons (Fsp3) is 0.412. The van der Waals surface area contributed by atoms with Gasteiger partial charge >= 0.3 is 0 Å². The fourth-order valence-corrected chi connectivity index (χ4v) is 2.42. The van der Waals surface area contributed by atoms with Crippen LogP contribution in [0.3, 0.4) is 0 Å². The number of hydrogen-bond acceptors (Lipinski definition) is 4. The second kappa shape index (κ2) is 7.22. The summed E-state index contributed by atoms with van der Waals surface area (Å²) < 4.78 is 1.38. The molecule has 5 nitrogen and oxygen atoms in total. The van der Waals surface area contributed by atoms with Crippen molar-refractivity contribution in [1.82, 2.24) is 15.1 Å². The summed E-state index contributed by atoms with van der Waals surface area (Å²) in [5.74, 6) is -0.0588. The maximum Gasteiger partial charge on any atom is 0.275 e. The number of unbranched alkanes of at least 4 members (excludes halogenated alkanes) is 1. The van der Waals surface area contributed by atoms with Crippen LogP contribution < -0.4 is 10.9 Å². The first kappa shape index (κ1) is 16.2. The lowest BCUT2D eigenvalue weighted by molar-refractivity contribution is 0.451. The number of nitrogens with zero attached hydrogens (tertiary/aromatic N) is 2. The number of para-hydroxylation sites is 1. The molecule has 0 spiro atoms. The minimum atomic E-state index is -0.327. The van der Waals surface area contributed by atoms with E-state index < -0.39 is 0 Å². The zero-order valence-electron chi connectivity index (χ0n) is 13.4. The smallest absolute Gasteiger partial charge is 0.275 e. The van der Waals surface area contributed by atoms with Crippen molar-refractivity contribution in [2.75, 3.05) is 6.54 Å². The number of aromatic nitrogens is 2. The van der Waals surface area contributed by atoms with Crippen molar-refractivity contribution in [3.05, 3.63) is 51.4 Å². The third kappa shape index (κ3) is 3.54. The molecule has 0 atom stereocenters. The molecule has 22 heavy (non-hydrogen) atoms. The Morgan fingerprint density at radius 2 is 1.95 bits per heavy atom. The van der Waals surface area contributed by atoms with Crippen molar-refractivity contribution in [3.63, 3.8) is 0 Å². The minimum Gasteiger partial charge on any atom is -0.506 e. The van der Waals surface area contributed by atoms with Gasteiger partial charge in [-0.15, -0.1) is 0 Å². The van der Waals surface area contributed by atoms with Crippen LogP contribution in [0.5, 0.6) is 5.75 Å². The zero-order valence-corrected chi connectivity index (χ0v) is 13.4. The second-order valence-corrected chi connectivity index (χ2v) is 5.50. The Morgan fingerprint density at radius 3 is 2.59 bits per heavy atom. The van der Waals surface area contributed by atoms with Crippen LogP contribution in [0.15, 0.2) is 29.1 Å². The molecular weight excluding hydrogens is 278 g/mol. The number of aryl methyl sites for hydroxylation is 2. The third-order valence-corrected chi connectivity index (χ3v) is 3.64. The molecule has 5 heteroatoms. The highest BCUT2D eigenvalue weighted by atomic mass is 16.3.